The van der Waals surface area contributed by atoms with Crippen LogP contribution in [0.1, 0.15) is 36.1 Å². The maximum atomic E-state index is 13.0. The number of halogens is 3. The Bertz CT molecular complexity index is 1040. The summed E-state index contributed by atoms with van der Waals surface area (Å²) in [6.45, 7) is 3.06. The SMILES string of the molecule is CC[C@@H](NC(=O)CN(c1cccc(C(F)(F)F)c1)S(C)(=O)=O)c1ccc(OC)c(C)c1. The van der Waals surface area contributed by atoms with Crippen molar-refractivity contribution in [2.45, 2.75) is 32.5 Å². The van der Waals surface area contributed by atoms with Crippen LogP contribution in [0.5, 0.6) is 5.75 Å². The standard InChI is InChI=1S/C21H25F3N2O4S/c1-5-18(15-9-10-19(30-3)14(2)11-15)25-20(27)13-26(31(4,28)29)17-8-6-7-16(12-17)21(22,23)24/h6-12,18H,5,13H2,1-4H3,(H,25,27)/t18-/m1/s1. The van der Waals surface area contributed by atoms with Crippen LogP contribution in [0.2, 0.25) is 0 Å². The van der Waals surface area contributed by atoms with E-state index in [1.165, 1.54) is 6.07 Å². The third-order valence-electron chi connectivity index (χ3n) is 4.71. The van der Waals surface area contributed by atoms with Crippen molar-refractivity contribution in [2.24, 2.45) is 0 Å². The lowest BCUT2D eigenvalue weighted by Crippen LogP contribution is -2.41. The Kier molecular flexibility index (Phi) is 7.58. The predicted molar refractivity (Wildman–Crippen MR) is 113 cm³/mol. The minimum absolute atomic E-state index is 0.235. The van der Waals surface area contributed by atoms with Gasteiger partial charge in [-0.05, 0) is 48.7 Å². The number of hydrogen-bond donors (Lipinski definition) is 1. The summed E-state index contributed by atoms with van der Waals surface area (Å²) in [7, 11) is -2.46. The van der Waals surface area contributed by atoms with Crippen LogP contribution >= 0.6 is 0 Å². The number of ether oxygens (including phenoxy) is 1. The van der Waals surface area contributed by atoms with Gasteiger partial charge in [-0.15, -0.1) is 0 Å². The average Bonchev–Trinajstić information content (AvgIpc) is 2.68. The molecule has 1 N–H and O–H groups in total. The van der Waals surface area contributed by atoms with Crippen LogP contribution in [0.3, 0.4) is 0 Å². The van der Waals surface area contributed by atoms with E-state index in [0.29, 0.717) is 22.5 Å². The second-order valence-electron chi connectivity index (χ2n) is 7.08. The van der Waals surface area contributed by atoms with E-state index in [9.17, 15) is 26.4 Å². The number of carbonyl (C=O) groups is 1. The van der Waals surface area contributed by atoms with Gasteiger partial charge < -0.3 is 10.1 Å². The van der Waals surface area contributed by atoms with E-state index < -0.39 is 40.3 Å². The molecule has 0 unspecified atom stereocenters. The van der Waals surface area contributed by atoms with Crippen molar-refractivity contribution in [3.8, 4) is 5.75 Å². The fourth-order valence-electron chi connectivity index (χ4n) is 3.15. The van der Waals surface area contributed by atoms with E-state index in [1.54, 1.807) is 19.2 Å². The number of sulfonamides is 1. The maximum absolute atomic E-state index is 13.0. The Morgan fingerprint density at radius 3 is 2.39 bits per heavy atom. The molecule has 0 saturated heterocycles. The fraction of sp³-hybridized carbons (Fsp3) is 0.381. The molecule has 10 heteroatoms. The molecule has 0 aliphatic rings. The highest BCUT2D eigenvalue weighted by Gasteiger charge is 2.32. The normalized spacial score (nSPS) is 12.9. The third-order valence-corrected chi connectivity index (χ3v) is 5.85. The molecule has 1 amide bonds. The van der Waals surface area contributed by atoms with Gasteiger partial charge in [0.1, 0.15) is 12.3 Å². The molecule has 0 aliphatic carbocycles. The first-order valence-electron chi connectivity index (χ1n) is 9.45. The van der Waals surface area contributed by atoms with Gasteiger partial charge in [0.2, 0.25) is 15.9 Å². The first-order valence-corrected chi connectivity index (χ1v) is 11.3. The monoisotopic (exact) mass is 458 g/mol. The van der Waals surface area contributed by atoms with E-state index >= 15 is 0 Å². The van der Waals surface area contributed by atoms with Gasteiger partial charge in [-0.1, -0.05) is 25.1 Å². The van der Waals surface area contributed by atoms with Crippen LogP contribution in [0.25, 0.3) is 0 Å². The topological polar surface area (TPSA) is 75.7 Å². The predicted octanol–water partition coefficient (Wildman–Crippen LogP) is 4.06. The summed E-state index contributed by atoms with van der Waals surface area (Å²) in [5.74, 6) is 0.0564. The molecule has 1 atom stereocenters. The van der Waals surface area contributed by atoms with Crippen molar-refractivity contribution in [2.75, 3.05) is 24.2 Å². The Labute approximate surface area is 180 Å². The lowest BCUT2D eigenvalue weighted by Gasteiger charge is -2.25. The first-order chi connectivity index (χ1) is 14.4. The molecule has 6 nitrogen and oxygen atoms in total. The zero-order chi connectivity index (χ0) is 23.4. The molecule has 2 rings (SSSR count). The number of amides is 1. The van der Waals surface area contributed by atoms with Gasteiger partial charge in [0.25, 0.3) is 0 Å². The van der Waals surface area contributed by atoms with Gasteiger partial charge in [0.15, 0.2) is 0 Å². The Hall–Kier alpha value is -2.75. The van der Waals surface area contributed by atoms with Crippen molar-refractivity contribution >= 4 is 21.6 Å². The van der Waals surface area contributed by atoms with Crippen LogP contribution < -0.4 is 14.4 Å². The summed E-state index contributed by atoms with van der Waals surface area (Å²) in [5, 5.41) is 2.76. The lowest BCUT2D eigenvalue weighted by atomic mass is 10.0. The summed E-state index contributed by atoms with van der Waals surface area (Å²) < 4.78 is 69.4. The molecule has 0 bridgehead atoms. The smallest absolute Gasteiger partial charge is 0.416 e. The van der Waals surface area contributed by atoms with Gasteiger partial charge in [0.05, 0.1) is 30.7 Å². The molecule has 31 heavy (non-hydrogen) atoms. The van der Waals surface area contributed by atoms with E-state index in [1.807, 2.05) is 19.9 Å². The average molecular weight is 459 g/mol. The molecule has 0 spiro atoms. The molecule has 2 aromatic rings. The second-order valence-corrected chi connectivity index (χ2v) is 8.98. The molecule has 0 aliphatic heterocycles. The number of anilines is 1. The van der Waals surface area contributed by atoms with Crippen molar-refractivity contribution in [3.63, 3.8) is 0 Å². The summed E-state index contributed by atoms with van der Waals surface area (Å²) in [6.07, 6.45) is -3.27. The number of methoxy groups -OCH3 is 1. The highest BCUT2D eigenvalue weighted by molar-refractivity contribution is 7.92. The van der Waals surface area contributed by atoms with Gasteiger partial charge >= 0.3 is 6.18 Å². The Morgan fingerprint density at radius 1 is 1.19 bits per heavy atom. The lowest BCUT2D eigenvalue weighted by molar-refractivity contribution is -0.137. The number of nitrogens with one attached hydrogen (secondary N) is 1. The summed E-state index contributed by atoms with van der Waals surface area (Å²) in [6, 6.07) is 8.87. The number of alkyl halides is 3. The number of hydrogen-bond acceptors (Lipinski definition) is 4. The summed E-state index contributed by atoms with van der Waals surface area (Å²) >= 11 is 0. The zero-order valence-electron chi connectivity index (χ0n) is 17.7. The van der Waals surface area contributed by atoms with Crippen molar-refractivity contribution in [3.05, 3.63) is 59.2 Å². The van der Waals surface area contributed by atoms with E-state index in [2.05, 4.69) is 5.32 Å². The van der Waals surface area contributed by atoms with Crippen LogP contribution in [0.15, 0.2) is 42.5 Å². The molecule has 170 valence electrons. The summed E-state index contributed by atoms with van der Waals surface area (Å²) in [5.41, 5.74) is 0.438. The van der Waals surface area contributed by atoms with Gasteiger partial charge in [-0.3, -0.25) is 9.10 Å². The van der Waals surface area contributed by atoms with Crippen LogP contribution in [-0.2, 0) is 21.0 Å². The van der Waals surface area contributed by atoms with Crippen LogP contribution in [0, 0.1) is 6.92 Å². The number of aryl methyl sites for hydroxylation is 1. The van der Waals surface area contributed by atoms with E-state index in [0.717, 1.165) is 29.5 Å². The largest absolute Gasteiger partial charge is 0.496 e. The summed E-state index contributed by atoms with van der Waals surface area (Å²) in [4.78, 5) is 12.6. The Morgan fingerprint density at radius 2 is 1.87 bits per heavy atom. The third kappa shape index (κ3) is 6.36. The van der Waals surface area contributed by atoms with E-state index in [-0.39, 0.29) is 5.69 Å². The highest BCUT2D eigenvalue weighted by Crippen LogP contribution is 2.32. The molecule has 2 aromatic carbocycles. The van der Waals surface area contributed by atoms with Crippen LogP contribution in [0.4, 0.5) is 18.9 Å². The molecule has 0 heterocycles. The fourth-order valence-corrected chi connectivity index (χ4v) is 4.00. The minimum Gasteiger partial charge on any atom is -0.496 e. The van der Waals surface area contributed by atoms with Gasteiger partial charge in [0, 0.05) is 0 Å². The quantitative estimate of drug-likeness (QED) is 0.648. The van der Waals surface area contributed by atoms with Crippen molar-refractivity contribution in [1.82, 2.24) is 5.32 Å². The van der Waals surface area contributed by atoms with Crippen LogP contribution in [-0.4, -0.2) is 34.2 Å². The first kappa shape index (κ1) is 24.5. The molecule has 0 saturated carbocycles. The van der Waals surface area contributed by atoms with Gasteiger partial charge in [-0.25, -0.2) is 8.42 Å². The number of benzene rings is 2. The van der Waals surface area contributed by atoms with Gasteiger partial charge in [-0.2, -0.15) is 13.2 Å². The number of nitrogens with zero attached hydrogens (tertiary/aromatic N) is 1. The van der Waals surface area contributed by atoms with Crippen molar-refractivity contribution in [1.29, 1.82) is 0 Å². The molecular weight excluding hydrogens is 433 g/mol. The molecule has 0 fully saturated rings. The number of carbonyl (C=O) groups excluding carboxylic acids is 1. The number of rotatable bonds is 8. The highest BCUT2D eigenvalue weighted by atomic mass is 32.2. The Balaban J connectivity index is 2.26. The maximum Gasteiger partial charge on any atom is 0.416 e. The molecule has 0 aromatic heterocycles. The van der Waals surface area contributed by atoms with E-state index in [4.69, 9.17) is 4.74 Å². The minimum atomic E-state index is -4.64. The second kappa shape index (κ2) is 9.59. The zero-order valence-corrected chi connectivity index (χ0v) is 18.5. The molecule has 0 radical (unpaired) electrons. The molecular formula is C21H25F3N2O4S. The van der Waals surface area contributed by atoms with Crippen molar-refractivity contribution < 1.29 is 31.1 Å².